The van der Waals surface area contributed by atoms with E-state index in [1.165, 1.54) is 0 Å². The van der Waals surface area contributed by atoms with E-state index in [9.17, 15) is 9.59 Å². The molecule has 1 aliphatic heterocycles. The quantitative estimate of drug-likeness (QED) is 0.793. The van der Waals surface area contributed by atoms with Crippen molar-refractivity contribution < 1.29 is 9.59 Å². The Morgan fingerprint density at radius 2 is 2.10 bits per heavy atom. The first-order valence-corrected chi connectivity index (χ1v) is 6.74. The first-order chi connectivity index (χ1) is 9.63. The Morgan fingerprint density at radius 1 is 1.35 bits per heavy atom. The molecule has 1 aromatic rings. The van der Waals surface area contributed by atoms with E-state index < -0.39 is 11.8 Å². The number of hydrogen-bond acceptors (Lipinski definition) is 3. The molecule has 5 nitrogen and oxygen atoms in total. The van der Waals surface area contributed by atoms with Crippen LogP contribution in [0.4, 0.5) is 5.69 Å². The fraction of sp³-hybridized carbons (Fsp3) is 0.400. The minimum atomic E-state index is -0.679. The molecule has 1 saturated heterocycles. The highest BCUT2D eigenvalue weighted by Crippen LogP contribution is 2.18. The number of piperidine rings is 1. The number of likely N-dealkylation sites (tertiary alicyclic amines) is 1. The van der Waals surface area contributed by atoms with Crippen molar-refractivity contribution in [2.75, 3.05) is 11.9 Å². The molecule has 2 amide bonds. The van der Waals surface area contributed by atoms with Crippen LogP contribution < -0.4 is 5.32 Å². The minimum Gasteiger partial charge on any atom is -0.332 e. The monoisotopic (exact) mass is 271 g/mol. The summed E-state index contributed by atoms with van der Waals surface area (Å²) in [4.78, 5) is 25.8. The number of hydrogen-bond donors (Lipinski definition) is 1. The van der Waals surface area contributed by atoms with Crippen LogP contribution in [0.3, 0.4) is 0 Å². The third-order valence-corrected chi connectivity index (χ3v) is 3.55. The number of para-hydroxylation sites is 1. The molecule has 0 bridgehead atoms. The summed E-state index contributed by atoms with van der Waals surface area (Å²) >= 11 is 0. The molecule has 2 rings (SSSR count). The Hall–Kier alpha value is -2.35. The van der Waals surface area contributed by atoms with Crippen LogP contribution in [0, 0.1) is 11.3 Å². The van der Waals surface area contributed by atoms with Crippen molar-refractivity contribution in [3.05, 3.63) is 29.8 Å². The van der Waals surface area contributed by atoms with Crippen molar-refractivity contribution >= 4 is 17.5 Å². The average Bonchev–Trinajstić information content (AvgIpc) is 2.47. The van der Waals surface area contributed by atoms with E-state index >= 15 is 0 Å². The molecule has 0 aromatic heterocycles. The summed E-state index contributed by atoms with van der Waals surface area (Å²) in [5, 5.41) is 11.5. The number of anilines is 1. The first kappa shape index (κ1) is 14.1. The summed E-state index contributed by atoms with van der Waals surface area (Å²) in [5.74, 6) is -1.20. The number of amides is 2. The van der Waals surface area contributed by atoms with Gasteiger partial charge in [0.2, 0.25) is 0 Å². The zero-order valence-electron chi connectivity index (χ0n) is 11.4. The standard InChI is InChI=1S/C15H17N3O2/c1-11-6-4-5-9-18(11)15(20)14(19)17-13-8-3-2-7-12(13)10-16/h2-3,7-8,11H,4-6,9H2,1H3,(H,17,19). The van der Waals surface area contributed by atoms with Gasteiger partial charge in [0.25, 0.3) is 0 Å². The molecule has 1 unspecified atom stereocenters. The first-order valence-electron chi connectivity index (χ1n) is 6.74. The average molecular weight is 271 g/mol. The van der Waals surface area contributed by atoms with Crippen LogP contribution in [0.1, 0.15) is 31.7 Å². The topological polar surface area (TPSA) is 73.2 Å². The lowest BCUT2D eigenvalue weighted by atomic mass is 10.0. The van der Waals surface area contributed by atoms with E-state index in [1.54, 1.807) is 29.2 Å². The van der Waals surface area contributed by atoms with Crippen molar-refractivity contribution in [3.8, 4) is 6.07 Å². The van der Waals surface area contributed by atoms with E-state index in [0.717, 1.165) is 19.3 Å². The third kappa shape index (κ3) is 2.97. The van der Waals surface area contributed by atoms with Crippen LogP contribution in [0.25, 0.3) is 0 Å². The number of nitriles is 1. The van der Waals surface area contributed by atoms with Crippen LogP contribution in [0.2, 0.25) is 0 Å². The summed E-state index contributed by atoms with van der Waals surface area (Å²) in [6.07, 6.45) is 2.94. The smallest absolute Gasteiger partial charge is 0.313 e. The molecule has 104 valence electrons. The molecule has 1 heterocycles. The third-order valence-electron chi connectivity index (χ3n) is 3.55. The van der Waals surface area contributed by atoms with E-state index in [1.807, 2.05) is 13.0 Å². The fourth-order valence-corrected chi connectivity index (χ4v) is 2.40. The van der Waals surface area contributed by atoms with E-state index in [-0.39, 0.29) is 6.04 Å². The Bertz CT molecular complexity index is 562. The summed E-state index contributed by atoms with van der Waals surface area (Å²) < 4.78 is 0. The fourth-order valence-electron chi connectivity index (χ4n) is 2.40. The van der Waals surface area contributed by atoms with Gasteiger partial charge >= 0.3 is 11.8 Å². The van der Waals surface area contributed by atoms with Gasteiger partial charge in [-0.15, -0.1) is 0 Å². The lowest BCUT2D eigenvalue weighted by molar-refractivity contribution is -0.145. The van der Waals surface area contributed by atoms with Crippen molar-refractivity contribution in [2.45, 2.75) is 32.2 Å². The van der Waals surface area contributed by atoms with Crippen LogP contribution in [0.5, 0.6) is 0 Å². The lowest BCUT2D eigenvalue weighted by Crippen LogP contribution is -2.47. The van der Waals surface area contributed by atoms with E-state index in [0.29, 0.717) is 17.8 Å². The highest BCUT2D eigenvalue weighted by Gasteiger charge is 2.28. The molecule has 0 spiro atoms. The van der Waals surface area contributed by atoms with Gasteiger partial charge in [0.15, 0.2) is 0 Å². The van der Waals surface area contributed by atoms with Crippen molar-refractivity contribution in [2.24, 2.45) is 0 Å². The maximum absolute atomic E-state index is 12.1. The van der Waals surface area contributed by atoms with Gasteiger partial charge in [-0.05, 0) is 38.3 Å². The van der Waals surface area contributed by atoms with E-state index in [2.05, 4.69) is 5.32 Å². The molecular weight excluding hydrogens is 254 g/mol. The van der Waals surface area contributed by atoms with Gasteiger partial charge in [-0.25, -0.2) is 0 Å². The number of rotatable bonds is 1. The molecule has 20 heavy (non-hydrogen) atoms. The van der Waals surface area contributed by atoms with Crippen molar-refractivity contribution in [1.29, 1.82) is 5.26 Å². The molecule has 0 saturated carbocycles. The maximum atomic E-state index is 12.1. The normalized spacial score (nSPS) is 18.2. The van der Waals surface area contributed by atoms with Crippen LogP contribution in [-0.4, -0.2) is 29.3 Å². The number of nitrogens with zero attached hydrogens (tertiary/aromatic N) is 2. The van der Waals surface area contributed by atoms with Gasteiger partial charge in [0.1, 0.15) is 6.07 Å². The van der Waals surface area contributed by atoms with Crippen molar-refractivity contribution in [1.82, 2.24) is 4.90 Å². The van der Waals surface area contributed by atoms with Gasteiger partial charge in [-0.1, -0.05) is 12.1 Å². The molecule has 1 aromatic carbocycles. The molecular formula is C15H17N3O2. The molecule has 1 N–H and O–H groups in total. The summed E-state index contributed by atoms with van der Waals surface area (Å²) in [6.45, 7) is 2.57. The second-order valence-corrected chi connectivity index (χ2v) is 4.95. The van der Waals surface area contributed by atoms with Crippen molar-refractivity contribution in [3.63, 3.8) is 0 Å². The summed E-state index contributed by atoms with van der Waals surface area (Å²) in [7, 11) is 0. The second kappa shape index (κ2) is 6.20. The molecule has 1 aliphatic rings. The number of benzene rings is 1. The molecule has 0 aliphatic carbocycles. The highest BCUT2D eigenvalue weighted by molar-refractivity contribution is 6.39. The zero-order chi connectivity index (χ0) is 14.5. The van der Waals surface area contributed by atoms with Gasteiger partial charge in [-0.2, -0.15) is 5.26 Å². The zero-order valence-corrected chi connectivity index (χ0v) is 11.4. The Morgan fingerprint density at radius 3 is 2.80 bits per heavy atom. The number of carbonyl (C=O) groups excluding carboxylic acids is 2. The number of nitrogens with one attached hydrogen (secondary N) is 1. The predicted molar refractivity (Wildman–Crippen MR) is 74.8 cm³/mol. The Balaban J connectivity index is 2.08. The van der Waals surface area contributed by atoms with Crippen LogP contribution >= 0.6 is 0 Å². The lowest BCUT2D eigenvalue weighted by Gasteiger charge is -2.32. The summed E-state index contributed by atoms with van der Waals surface area (Å²) in [6, 6.07) is 8.72. The SMILES string of the molecule is CC1CCCCN1C(=O)C(=O)Nc1ccccc1C#N. The molecule has 5 heteroatoms. The highest BCUT2D eigenvalue weighted by atomic mass is 16.2. The van der Waals surface area contributed by atoms with Crippen LogP contribution in [0.15, 0.2) is 24.3 Å². The summed E-state index contributed by atoms with van der Waals surface area (Å²) in [5.41, 5.74) is 0.721. The predicted octanol–water partition coefficient (Wildman–Crippen LogP) is 1.90. The second-order valence-electron chi connectivity index (χ2n) is 4.95. The van der Waals surface area contributed by atoms with Gasteiger partial charge in [0.05, 0.1) is 11.3 Å². The Labute approximate surface area is 118 Å². The van der Waals surface area contributed by atoms with Gasteiger partial charge < -0.3 is 10.2 Å². The van der Waals surface area contributed by atoms with Gasteiger partial charge in [0, 0.05) is 12.6 Å². The van der Waals surface area contributed by atoms with Crippen LogP contribution in [-0.2, 0) is 9.59 Å². The Kier molecular flexibility index (Phi) is 4.36. The number of carbonyl (C=O) groups is 2. The molecule has 1 fully saturated rings. The van der Waals surface area contributed by atoms with E-state index in [4.69, 9.17) is 5.26 Å². The maximum Gasteiger partial charge on any atom is 0.313 e. The van der Waals surface area contributed by atoms with Gasteiger partial charge in [-0.3, -0.25) is 9.59 Å². The largest absolute Gasteiger partial charge is 0.332 e. The minimum absolute atomic E-state index is 0.0909. The molecule has 1 atom stereocenters. The molecule has 0 radical (unpaired) electrons.